The molecule has 0 aromatic heterocycles. The summed E-state index contributed by atoms with van der Waals surface area (Å²) in [5.41, 5.74) is 1.70. The maximum atomic E-state index is 13.9. The van der Waals surface area contributed by atoms with Crippen molar-refractivity contribution in [2.75, 3.05) is 25.2 Å². The van der Waals surface area contributed by atoms with E-state index in [0.717, 1.165) is 30.6 Å². The van der Waals surface area contributed by atoms with Crippen LogP contribution in [0.25, 0.3) is 0 Å². The lowest BCUT2D eigenvalue weighted by molar-refractivity contribution is 0.202. The van der Waals surface area contributed by atoms with E-state index >= 15 is 0 Å². The highest BCUT2D eigenvalue weighted by molar-refractivity contribution is 9.08. The molecule has 108 valence electrons. The Labute approximate surface area is 124 Å². The molecule has 0 amide bonds. The molecule has 0 spiro atoms. The number of benzene rings is 1. The van der Waals surface area contributed by atoms with Gasteiger partial charge in [0.05, 0.1) is 6.61 Å². The minimum absolute atomic E-state index is 0.150. The highest BCUT2D eigenvalue weighted by Gasteiger charge is 2.19. The fraction of sp³-hybridized carbons (Fsp3) is 0.600. The second kappa shape index (κ2) is 8.54. The maximum Gasteiger partial charge on any atom is 0.129 e. The summed E-state index contributed by atoms with van der Waals surface area (Å²) in [6.07, 6.45) is 2.08. The van der Waals surface area contributed by atoms with Crippen LogP contribution in [0.3, 0.4) is 0 Å². The van der Waals surface area contributed by atoms with Crippen LogP contribution in [0.5, 0.6) is 0 Å². The molecule has 19 heavy (non-hydrogen) atoms. The summed E-state index contributed by atoms with van der Waals surface area (Å²) in [4.78, 5) is 2.27. The lowest BCUT2D eigenvalue weighted by atomic mass is 10.1. The Bertz CT molecular complexity index is 382. The molecule has 0 radical (unpaired) electrons. The van der Waals surface area contributed by atoms with Crippen molar-refractivity contribution >= 4 is 21.6 Å². The zero-order valence-corrected chi connectivity index (χ0v) is 13.5. The third-order valence-corrected chi connectivity index (χ3v) is 4.02. The van der Waals surface area contributed by atoms with Crippen LogP contribution < -0.4 is 4.90 Å². The normalized spacial score (nSPS) is 11.1. The van der Waals surface area contributed by atoms with Gasteiger partial charge in [0.2, 0.25) is 0 Å². The third-order valence-electron chi connectivity index (χ3n) is 3.46. The predicted octanol–water partition coefficient (Wildman–Crippen LogP) is 4.36. The predicted molar refractivity (Wildman–Crippen MR) is 82.6 cm³/mol. The summed E-state index contributed by atoms with van der Waals surface area (Å²) in [5.74, 6) is -0.150. The van der Waals surface area contributed by atoms with Gasteiger partial charge in [-0.1, -0.05) is 35.8 Å². The van der Waals surface area contributed by atoms with Crippen molar-refractivity contribution in [1.29, 1.82) is 0 Å². The van der Waals surface area contributed by atoms with Crippen LogP contribution in [-0.4, -0.2) is 26.3 Å². The summed E-state index contributed by atoms with van der Waals surface area (Å²) in [5, 5.41) is 0.526. The van der Waals surface area contributed by atoms with Gasteiger partial charge in [0.15, 0.2) is 0 Å². The van der Waals surface area contributed by atoms with Gasteiger partial charge in [-0.05, 0) is 25.0 Å². The van der Waals surface area contributed by atoms with Gasteiger partial charge in [-0.25, -0.2) is 4.39 Å². The molecule has 0 N–H and O–H groups in total. The first-order valence-electron chi connectivity index (χ1n) is 6.78. The first kappa shape index (κ1) is 16.4. The standard InChI is InChI=1S/C15H23BrFNO/c1-4-12(5-2)18(9-10-19-3)15-8-6-7-14(17)13(15)11-16/h6-8,12H,4-5,9-11H2,1-3H3. The lowest BCUT2D eigenvalue weighted by Gasteiger charge is -2.34. The summed E-state index contributed by atoms with van der Waals surface area (Å²) in [7, 11) is 1.70. The minimum atomic E-state index is -0.150. The average Bonchev–Trinajstić information content (AvgIpc) is 2.43. The van der Waals surface area contributed by atoms with E-state index in [1.54, 1.807) is 13.2 Å². The van der Waals surface area contributed by atoms with Gasteiger partial charge >= 0.3 is 0 Å². The van der Waals surface area contributed by atoms with Crippen LogP contribution in [0, 0.1) is 5.82 Å². The van der Waals surface area contributed by atoms with E-state index in [1.807, 2.05) is 6.07 Å². The van der Waals surface area contributed by atoms with Crippen molar-refractivity contribution in [3.8, 4) is 0 Å². The second-order valence-electron chi connectivity index (χ2n) is 4.53. The van der Waals surface area contributed by atoms with Crippen LogP contribution in [0.15, 0.2) is 18.2 Å². The molecule has 0 saturated carbocycles. The molecule has 4 heteroatoms. The Morgan fingerprint density at radius 3 is 2.53 bits per heavy atom. The number of halogens is 2. The summed E-state index contributed by atoms with van der Waals surface area (Å²) >= 11 is 3.39. The Hall–Kier alpha value is -0.610. The minimum Gasteiger partial charge on any atom is -0.383 e. The van der Waals surface area contributed by atoms with Gasteiger partial charge in [0.1, 0.15) is 5.82 Å². The average molecular weight is 332 g/mol. The fourth-order valence-electron chi connectivity index (χ4n) is 2.37. The summed E-state index contributed by atoms with van der Waals surface area (Å²) in [6.45, 7) is 5.77. The van der Waals surface area contributed by atoms with Crippen molar-refractivity contribution in [1.82, 2.24) is 0 Å². The molecule has 0 fully saturated rings. The molecule has 0 bridgehead atoms. The Kier molecular flexibility index (Phi) is 7.39. The molecule has 1 rings (SSSR count). The van der Waals surface area contributed by atoms with E-state index in [-0.39, 0.29) is 5.82 Å². The maximum absolute atomic E-state index is 13.9. The van der Waals surface area contributed by atoms with Crippen molar-refractivity contribution < 1.29 is 9.13 Å². The summed E-state index contributed by atoms with van der Waals surface area (Å²) in [6, 6.07) is 5.70. The van der Waals surface area contributed by atoms with Gasteiger partial charge < -0.3 is 9.64 Å². The van der Waals surface area contributed by atoms with Crippen molar-refractivity contribution in [3.63, 3.8) is 0 Å². The molecule has 0 unspecified atom stereocenters. The van der Waals surface area contributed by atoms with E-state index in [2.05, 4.69) is 34.7 Å². The molecular formula is C15H23BrFNO. The van der Waals surface area contributed by atoms with Crippen LogP contribution >= 0.6 is 15.9 Å². The van der Waals surface area contributed by atoms with E-state index in [9.17, 15) is 4.39 Å². The SMILES string of the molecule is CCC(CC)N(CCOC)c1cccc(F)c1CBr. The first-order valence-corrected chi connectivity index (χ1v) is 7.90. The largest absolute Gasteiger partial charge is 0.383 e. The van der Waals surface area contributed by atoms with Crippen LogP contribution in [-0.2, 0) is 10.1 Å². The Morgan fingerprint density at radius 2 is 2.00 bits per heavy atom. The van der Waals surface area contributed by atoms with Gasteiger partial charge in [0, 0.05) is 36.3 Å². The molecule has 1 aromatic rings. The molecule has 0 aliphatic heterocycles. The molecule has 0 saturated heterocycles. The molecular weight excluding hydrogens is 309 g/mol. The lowest BCUT2D eigenvalue weighted by Crippen LogP contribution is -2.37. The molecule has 0 atom stereocenters. The number of hydrogen-bond acceptors (Lipinski definition) is 2. The number of ether oxygens (including phenoxy) is 1. The van der Waals surface area contributed by atoms with Crippen molar-refractivity contribution in [3.05, 3.63) is 29.6 Å². The van der Waals surface area contributed by atoms with E-state index in [1.165, 1.54) is 6.07 Å². The molecule has 0 aliphatic carbocycles. The number of hydrogen-bond donors (Lipinski definition) is 0. The van der Waals surface area contributed by atoms with Gasteiger partial charge in [-0.2, -0.15) is 0 Å². The van der Waals surface area contributed by atoms with Gasteiger partial charge in [-0.3, -0.25) is 0 Å². The third kappa shape index (κ3) is 4.18. The van der Waals surface area contributed by atoms with Crippen LogP contribution in [0.4, 0.5) is 10.1 Å². The number of anilines is 1. The number of methoxy groups -OCH3 is 1. The van der Waals surface area contributed by atoms with Gasteiger partial charge in [0.25, 0.3) is 0 Å². The number of alkyl halides is 1. The monoisotopic (exact) mass is 331 g/mol. The molecule has 0 aliphatic rings. The first-order chi connectivity index (χ1) is 9.19. The zero-order valence-electron chi connectivity index (χ0n) is 12.0. The quantitative estimate of drug-likeness (QED) is 0.656. The van der Waals surface area contributed by atoms with Crippen LogP contribution in [0.2, 0.25) is 0 Å². The number of nitrogens with zero attached hydrogens (tertiary/aromatic N) is 1. The zero-order chi connectivity index (χ0) is 14.3. The Balaban J connectivity index is 3.12. The highest BCUT2D eigenvalue weighted by Crippen LogP contribution is 2.28. The second-order valence-corrected chi connectivity index (χ2v) is 5.09. The topological polar surface area (TPSA) is 12.5 Å². The smallest absolute Gasteiger partial charge is 0.129 e. The molecule has 1 aromatic carbocycles. The van der Waals surface area contributed by atoms with E-state index in [0.29, 0.717) is 18.0 Å². The van der Waals surface area contributed by atoms with E-state index in [4.69, 9.17) is 4.74 Å². The highest BCUT2D eigenvalue weighted by atomic mass is 79.9. The summed E-state index contributed by atoms with van der Waals surface area (Å²) < 4.78 is 19.1. The van der Waals surface area contributed by atoms with Crippen LogP contribution in [0.1, 0.15) is 32.3 Å². The molecule has 2 nitrogen and oxygen atoms in total. The fourth-order valence-corrected chi connectivity index (χ4v) is 2.92. The van der Waals surface area contributed by atoms with Crippen molar-refractivity contribution in [2.24, 2.45) is 0 Å². The van der Waals surface area contributed by atoms with Gasteiger partial charge in [-0.15, -0.1) is 0 Å². The molecule has 0 heterocycles. The Morgan fingerprint density at radius 1 is 1.32 bits per heavy atom. The van der Waals surface area contributed by atoms with Crippen molar-refractivity contribution in [2.45, 2.75) is 38.1 Å². The number of rotatable bonds is 8. The van der Waals surface area contributed by atoms with E-state index < -0.39 is 0 Å².